The van der Waals surface area contributed by atoms with Crippen molar-refractivity contribution in [1.29, 1.82) is 0 Å². The van der Waals surface area contributed by atoms with E-state index in [1.54, 1.807) is 34.6 Å². The Bertz CT molecular complexity index is 1100. The van der Waals surface area contributed by atoms with E-state index in [0.29, 0.717) is 12.1 Å². The predicted octanol–water partition coefficient (Wildman–Crippen LogP) is 6.42. The van der Waals surface area contributed by atoms with Crippen molar-refractivity contribution in [3.05, 3.63) is 57.0 Å². The van der Waals surface area contributed by atoms with Crippen LogP contribution in [-0.2, 0) is 15.3 Å². The fraction of sp³-hybridized carbons (Fsp3) is 0.455. The van der Waals surface area contributed by atoms with E-state index in [2.05, 4.69) is 10.1 Å². The third kappa shape index (κ3) is 6.01. The molecule has 0 amide bonds. The molecule has 1 unspecified atom stereocenters. The molecule has 0 saturated carbocycles. The Morgan fingerprint density at radius 1 is 1.22 bits per heavy atom. The van der Waals surface area contributed by atoms with Gasteiger partial charge in [-0.3, -0.25) is 18.6 Å². The molecule has 0 aromatic heterocycles. The molecule has 1 atom stereocenters. The Kier molecular flexibility index (Phi) is 8.94. The van der Waals surface area contributed by atoms with Gasteiger partial charge in [-0.1, -0.05) is 36.8 Å². The Morgan fingerprint density at radius 2 is 1.97 bits per heavy atom. The third-order valence-corrected chi connectivity index (χ3v) is 9.53. The van der Waals surface area contributed by atoms with Gasteiger partial charge in [0, 0.05) is 10.6 Å². The fourth-order valence-corrected chi connectivity index (χ4v) is 7.69. The van der Waals surface area contributed by atoms with Gasteiger partial charge in [0.2, 0.25) is 0 Å². The van der Waals surface area contributed by atoms with E-state index < -0.39 is 13.2 Å². The van der Waals surface area contributed by atoms with Crippen LogP contribution in [0.15, 0.2) is 39.3 Å². The number of benzene rings is 1. The van der Waals surface area contributed by atoms with E-state index in [-0.39, 0.29) is 25.3 Å². The van der Waals surface area contributed by atoms with Crippen LogP contribution in [0.4, 0.5) is 10.2 Å². The maximum atomic E-state index is 13.7. The number of halogens is 1. The summed E-state index contributed by atoms with van der Waals surface area (Å²) in [6.45, 7) is 5.61. The van der Waals surface area contributed by atoms with Gasteiger partial charge in [-0.25, -0.2) is 4.79 Å². The first-order valence-corrected chi connectivity index (χ1v) is 14.3. The molecule has 10 heteroatoms. The first kappa shape index (κ1) is 25.0. The van der Waals surface area contributed by atoms with Crippen LogP contribution >= 0.6 is 30.6 Å². The van der Waals surface area contributed by atoms with E-state index in [0.717, 1.165) is 38.9 Å². The van der Waals surface area contributed by atoms with Gasteiger partial charge in [0.25, 0.3) is 7.52 Å². The monoisotopic (exact) mass is 497 g/mol. The Labute approximate surface area is 196 Å². The lowest BCUT2D eigenvalue weighted by Gasteiger charge is -2.21. The fourth-order valence-electron chi connectivity index (χ4n) is 3.34. The van der Waals surface area contributed by atoms with Crippen LogP contribution < -0.4 is 10.8 Å². The molecule has 0 bridgehead atoms. The van der Waals surface area contributed by atoms with Crippen LogP contribution in [0.1, 0.15) is 42.3 Å². The molecule has 0 saturated heterocycles. The number of thioether (sulfide) groups is 1. The second kappa shape index (κ2) is 11.5. The lowest BCUT2D eigenvalue weighted by atomic mass is 10.2. The number of nitrogens with zero attached hydrogens (tertiary/aromatic N) is 2. The quantitative estimate of drug-likeness (QED) is 0.177. The number of unbranched alkanes of at least 4 members (excludes halogenated alkanes) is 2. The zero-order valence-electron chi connectivity index (χ0n) is 18.6. The van der Waals surface area contributed by atoms with Crippen LogP contribution in [0.25, 0.3) is 5.69 Å². The first-order valence-electron chi connectivity index (χ1n) is 10.7. The summed E-state index contributed by atoms with van der Waals surface area (Å²) < 4.78 is 34.2. The number of hydrogen-bond donors (Lipinski definition) is 1. The number of imidazole rings is 1. The molecular weight excluding hydrogens is 468 g/mol. The second-order valence-electron chi connectivity index (χ2n) is 7.40. The summed E-state index contributed by atoms with van der Waals surface area (Å²) >= 11 is 3.21. The largest absolute Gasteiger partial charge is 0.354 e. The second-order valence-corrected chi connectivity index (χ2v) is 12.1. The Morgan fingerprint density at radius 3 is 2.66 bits per heavy atom. The molecule has 0 spiro atoms. The molecule has 174 valence electrons. The zero-order valence-corrected chi connectivity index (χ0v) is 21.1. The van der Waals surface area contributed by atoms with Gasteiger partial charge in [-0.15, -0.1) is 23.1 Å². The lowest BCUT2D eigenvalue weighted by Crippen LogP contribution is -2.17. The van der Waals surface area contributed by atoms with Crippen LogP contribution in [0, 0.1) is 13.8 Å². The molecule has 1 N–H and O–H groups in total. The van der Waals surface area contributed by atoms with Gasteiger partial charge in [-0.05, 0) is 44.9 Å². The van der Waals surface area contributed by atoms with Crippen molar-refractivity contribution in [3.8, 4) is 5.69 Å². The molecule has 0 aliphatic carbocycles. The minimum absolute atomic E-state index is 0.189. The minimum atomic E-state index is -3.35. The van der Waals surface area contributed by atoms with Gasteiger partial charge < -0.3 is 4.52 Å². The Balaban J connectivity index is 1.96. The van der Waals surface area contributed by atoms with Crippen molar-refractivity contribution in [2.75, 3.05) is 24.1 Å². The van der Waals surface area contributed by atoms with Crippen LogP contribution in [0.5, 0.6) is 0 Å². The van der Waals surface area contributed by atoms with Gasteiger partial charge >= 0.3 is 5.69 Å². The molecule has 3 rings (SSSR count). The van der Waals surface area contributed by atoms with Crippen molar-refractivity contribution in [3.63, 3.8) is 0 Å². The van der Waals surface area contributed by atoms with Gasteiger partial charge in [0.15, 0.2) is 5.82 Å². The molecule has 1 aromatic rings. The minimum Gasteiger partial charge on any atom is -0.314 e. The highest BCUT2D eigenvalue weighted by Crippen LogP contribution is 2.51. The summed E-state index contributed by atoms with van der Waals surface area (Å²) in [5.41, 5.74) is 1.91. The molecule has 2 aliphatic rings. The molecule has 32 heavy (non-hydrogen) atoms. The lowest BCUT2D eigenvalue weighted by molar-refractivity contribution is 0.336. The van der Waals surface area contributed by atoms with Crippen molar-refractivity contribution in [1.82, 2.24) is 9.55 Å². The van der Waals surface area contributed by atoms with Crippen molar-refractivity contribution >= 4 is 36.4 Å². The normalized spacial score (nSPS) is 13.4. The number of aryl methyl sites for hydroxylation is 1. The summed E-state index contributed by atoms with van der Waals surface area (Å²) in [5, 5.41) is 3.01. The standard InChI is InChI=1S/C22H29FN3O3PS2/c1-4-29-30(28,15-18-11-7-5-8-12-18)25-20-19-21(31-14-10-6-9-13-23)32-17(3)16(2)26(19)22(27)24-20/h5,7-8,11-12H,4,6,9-10,13-15H2,1-3H3,(H,24,25,27,28). The highest BCUT2D eigenvalue weighted by Gasteiger charge is 2.30. The number of nitrogens with one attached hydrogen (secondary N) is 1. The van der Waals surface area contributed by atoms with E-state index in [1.165, 1.54) is 0 Å². The van der Waals surface area contributed by atoms with E-state index in [1.807, 2.05) is 44.2 Å². The molecule has 6 nitrogen and oxygen atoms in total. The topological polar surface area (TPSA) is 73.2 Å². The Hall–Kier alpha value is -1.67. The predicted molar refractivity (Wildman–Crippen MR) is 132 cm³/mol. The molecule has 0 fully saturated rings. The SMILES string of the molecule is CCOP(=O)(Cc1ccccc1)Nc1nc(=O)n2c(C)c(C)sc(SCCCCCF)c1-2. The molecular formula is C22H29FN3O3PS2. The van der Waals surface area contributed by atoms with Crippen LogP contribution in [0.3, 0.4) is 0 Å². The van der Waals surface area contributed by atoms with Gasteiger partial charge in [0.05, 0.1) is 23.7 Å². The maximum absolute atomic E-state index is 13.7. The zero-order chi connectivity index (χ0) is 23.1. The number of aromatic nitrogens is 2. The summed E-state index contributed by atoms with van der Waals surface area (Å²) in [5.74, 6) is 1.09. The number of hydrogen-bond acceptors (Lipinski definition) is 6. The number of rotatable bonds is 12. The molecule has 1 aromatic carbocycles. The smallest absolute Gasteiger partial charge is 0.314 e. The molecule has 2 aliphatic heterocycles. The summed E-state index contributed by atoms with van der Waals surface area (Å²) in [4.78, 5) is 18.0. The van der Waals surface area contributed by atoms with E-state index in [9.17, 15) is 13.8 Å². The number of alkyl halides is 1. The van der Waals surface area contributed by atoms with E-state index >= 15 is 0 Å². The summed E-state index contributed by atoms with van der Waals surface area (Å²) in [6, 6.07) is 9.47. The van der Waals surface area contributed by atoms with Crippen molar-refractivity contribution in [2.24, 2.45) is 0 Å². The third-order valence-electron chi connectivity index (χ3n) is 4.99. The van der Waals surface area contributed by atoms with Crippen molar-refractivity contribution < 1.29 is 13.5 Å². The van der Waals surface area contributed by atoms with Crippen molar-refractivity contribution in [2.45, 2.75) is 50.4 Å². The summed E-state index contributed by atoms with van der Waals surface area (Å²) in [7, 11) is -3.35. The van der Waals surface area contributed by atoms with Crippen LogP contribution in [0.2, 0.25) is 0 Å². The average molecular weight is 498 g/mol. The molecule has 2 heterocycles. The van der Waals surface area contributed by atoms with Gasteiger partial charge in [0.1, 0.15) is 5.69 Å². The average Bonchev–Trinajstić information content (AvgIpc) is 3.07. The van der Waals surface area contributed by atoms with Gasteiger partial charge in [-0.2, -0.15) is 4.98 Å². The maximum Gasteiger partial charge on any atom is 0.354 e. The number of anilines is 1. The van der Waals surface area contributed by atoms with E-state index in [4.69, 9.17) is 4.52 Å². The number of fused-ring (bicyclic) bond motifs is 1. The molecule has 0 radical (unpaired) electrons. The summed E-state index contributed by atoms with van der Waals surface area (Å²) in [6.07, 6.45) is 2.46. The highest BCUT2D eigenvalue weighted by atomic mass is 32.2. The first-order chi connectivity index (χ1) is 15.4. The van der Waals surface area contributed by atoms with Crippen LogP contribution in [-0.4, -0.2) is 28.6 Å². The highest BCUT2D eigenvalue weighted by molar-refractivity contribution is 8.01.